The largest absolute Gasteiger partial charge is 0.417 e. The Bertz CT molecular complexity index is 409. The zero-order valence-corrected chi connectivity index (χ0v) is 9.72. The molecule has 0 aromatic carbocycles. The molecule has 1 aliphatic rings. The Morgan fingerprint density at radius 3 is 2.35 bits per heavy atom. The van der Waals surface area contributed by atoms with E-state index in [1.54, 1.807) is 0 Å². The average Bonchev–Trinajstić information content (AvgIpc) is 2.29. The van der Waals surface area contributed by atoms with Crippen molar-refractivity contribution in [3.05, 3.63) is 23.9 Å². The number of aromatic nitrogens is 1. The van der Waals surface area contributed by atoms with Gasteiger partial charge in [0.2, 0.25) is 0 Å². The van der Waals surface area contributed by atoms with Crippen molar-refractivity contribution in [2.75, 3.05) is 29.5 Å². The molecule has 0 unspecified atom stereocenters. The number of pyridine rings is 1. The summed E-state index contributed by atoms with van der Waals surface area (Å²) in [6.07, 6.45) is -3.52. The van der Waals surface area contributed by atoms with Gasteiger partial charge in [0.15, 0.2) is 0 Å². The molecular formula is C10H11F3N2OS. The fourth-order valence-corrected chi connectivity index (χ4v) is 2.66. The molecule has 1 aromatic heterocycles. The summed E-state index contributed by atoms with van der Waals surface area (Å²) in [4.78, 5) is 5.65. The van der Waals surface area contributed by atoms with Crippen LogP contribution in [0.4, 0.5) is 19.0 Å². The molecule has 0 bridgehead atoms. The minimum atomic E-state index is -4.35. The molecule has 0 atom stereocenters. The minimum absolute atomic E-state index is 0.509. The van der Waals surface area contributed by atoms with E-state index in [2.05, 4.69) is 4.98 Å². The number of hydrogen-bond donors (Lipinski definition) is 0. The molecule has 1 aliphatic heterocycles. The molecule has 1 fully saturated rings. The molecule has 0 amide bonds. The third kappa shape index (κ3) is 2.96. The second-order valence-corrected chi connectivity index (χ2v) is 5.43. The van der Waals surface area contributed by atoms with Crippen molar-refractivity contribution in [3.8, 4) is 0 Å². The summed E-state index contributed by atoms with van der Waals surface area (Å²) < 4.78 is 48.1. The molecule has 1 saturated heterocycles. The highest BCUT2D eigenvalue weighted by molar-refractivity contribution is 7.85. The van der Waals surface area contributed by atoms with Crippen LogP contribution in [0.3, 0.4) is 0 Å². The van der Waals surface area contributed by atoms with Gasteiger partial charge in [-0.1, -0.05) is 0 Å². The van der Waals surface area contributed by atoms with Crippen molar-refractivity contribution >= 4 is 16.6 Å². The molecule has 0 spiro atoms. The Balaban J connectivity index is 2.10. The Labute approximate surface area is 99.1 Å². The summed E-state index contributed by atoms with van der Waals surface area (Å²) in [7, 11) is -0.803. The summed E-state index contributed by atoms with van der Waals surface area (Å²) >= 11 is 0. The zero-order valence-electron chi connectivity index (χ0n) is 8.91. The predicted molar refractivity (Wildman–Crippen MR) is 59.3 cm³/mol. The van der Waals surface area contributed by atoms with E-state index in [9.17, 15) is 17.4 Å². The fourth-order valence-electron chi connectivity index (χ4n) is 1.61. The van der Waals surface area contributed by atoms with E-state index in [1.807, 2.05) is 4.90 Å². The van der Waals surface area contributed by atoms with Gasteiger partial charge in [0.1, 0.15) is 5.82 Å². The minimum Gasteiger partial charge on any atom is -0.355 e. The van der Waals surface area contributed by atoms with Gasteiger partial charge in [0, 0.05) is 41.6 Å². The van der Waals surface area contributed by atoms with E-state index < -0.39 is 22.5 Å². The van der Waals surface area contributed by atoms with E-state index in [-0.39, 0.29) is 0 Å². The first kappa shape index (κ1) is 12.3. The van der Waals surface area contributed by atoms with Crippen molar-refractivity contribution in [2.24, 2.45) is 0 Å². The zero-order chi connectivity index (χ0) is 12.5. The molecule has 94 valence electrons. The summed E-state index contributed by atoms with van der Waals surface area (Å²) in [6, 6.07) is 2.38. The summed E-state index contributed by atoms with van der Waals surface area (Å²) in [5, 5.41) is 0. The molecule has 0 aliphatic carbocycles. The highest BCUT2D eigenvalue weighted by Crippen LogP contribution is 2.29. The molecule has 3 nitrogen and oxygen atoms in total. The number of alkyl halides is 3. The van der Waals surface area contributed by atoms with Crippen molar-refractivity contribution in [2.45, 2.75) is 6.18 Å². The fraction of sp³-hybridized carbons (Fsp3) is 0.500. The molecule has 1 aromatic rings. The maximum Gasteiger partial charge on any atom is 0.417 e. The van der Waals surface area contributed by atoms with Gasteiger partial charge < -0.3 is 4.90 Å². The van der Waals surface area contributed by atoms with Crippen LogP contribution in [-0.2, 0) is 17.0 Å². The van der Waals surface area contributed by atoms with Gasteiger partial charge in [-0.25, -0.2) is 4.98 Å². The number of halogens is 3. The third-order valence-corrected chi connectivity index (χ3v) is 3.85. The van der Waals surface area contributed by atoms with Crippen LogP contribution >= 0.6 is 0 Å². The summed E-state index contributed by atoms with van der Waals surface area (Å²) in [5.74, 6) is 1.60. The lowest BCUT2D eigenvalue weighted by Gasteiger charge is -2.27. The highest BCUT2D eigenvalue weighted by Gasteiger charge is 2.31. The maximum absolute atomic E-state index is 12.3. The Morgan fingerprint density at radius 2 is 1.88 bits per heavy atom. The van der Waals surface area contributed by atoms with Gasteiger partial charge in [0.25, 0.3) is 0 Å². The van der Waals surface area contributed by atoms with Crippen molar-refractivity contribution in [1.82, 2.24) is 4.98 Å². The van der Waals surface area contributed by atoms with Crippen LogP contribution in [0, 0.1) is 0 Å². The van der Waals surface area contributed by atoms with Gasteiger partial charge in [-0.15, -0.1) is 0 Å². The van der Waals surface area contributed by atoms with Crippen LogP contribution in [0.15, 0.2) is 18.3 Å². The molecule has 7 heteroatoms. The molecule has 17 heavy (non-hydrogen) atoms. The first-order chi connectivity index (χ1) is 7.97. The molecule has 0 radical (unpaired) electrons. The van der Waals surface area contributed by atoms with Gasteiger partial charge in [-0.2, -0.15) is 13.2 Å². The summed E-state index contributed by atoms with van der Waals surface area (Å²) in [6.45, 7) is 1.15. The monoisotopic (exact) mass is 264 g/mol. The van der Waals surface area contributed by atoms with Crippen LogP contribution in [0.1, 0.15) is 5.56 Å². The second-order valence-electron chi connectivity index (χ2n) is 3.74. The maximum atomic E-state index is 12.3. The highest BCUT2D eigenvalue weighted by atomic mass is 32.2. The van der Waals surface area contributed by atoms with E-state index in [1.165, 1.54) is 6.07 Å². The smallest absolute Gasteiger partial charge is 0.355 e. The quantitative estimate of drug-likeness (QED) is 0.773. The molecule has 0 N–H and O–H groups in total. The van der Waals surface area contributed by atoms with Crippen molar-refractivity contribution < 1.29 is 17.4 Å². The first-order valence-electron chi connectivity index (χ1n) is 5.10. The molecule has 0 saturated carbocycles. The SMILES string of the molecule is O=S1CCN(c2ccc(C(F)(F)F)cn2)CC1. The van der Waals surface area contributed by atoms with E-state index in [0.717, 1.165) is 12.3 Å². The van der Waals surface area contributed by atoms with Gasteiger partial charge in [-0.3, -0.25) is 4.21 Å². The Morgan fingerprint density at radius 1 is 1.24 bits per heavy atom. The van der Waals surface area contributed by atoms with Crippen LogP contribution in [0.2, 0.25) is 0 Å². The van der Waals surface area contributed by atoms with Crippen LogP contribution in [0.5, 0.6) is 0 Å². The van der Waals surface area contributed by atoms with Crippen LogP contribution < -0.4 is 4.90 Å². The molecule has 2 heterocycles. The molecular weight excluding hydrogens is 253 g/mol. The Kier molecular flexibility index (Phi) is 3.37. The number of hydrogen-bond acceptors (Lipinski definition) is 3. The Hall–Kier alpha value is -1.11. The van der Waals surface area contributed by atoms with Crippen molar-refractivity contribution in [1.29, 1.82) is 0 Å². The normalized spacial score (nSPS) is 18.4. The lowest BCUT2D eigenvalue weighted by Crippen LogP contribution is -2.38. The van der Waals surface area contributed by atoms with E-state index in [4.69, 9.17) is 0 Å². The third-order valence-electron chi connectivity index (χ3n) is 2.58. The number of rotatable bonds is 1. The second kappa shape index (κ2) is 4.64. The van der Waals surface area contributed by atoms with Crippen molar-refractivity contribution in [3.63, 3.8) is 0 Å². The van der Waals surface area contributed by atoms with Crippen LogP contribution in [-0.4, -0.2) is 33.8 Å². The van der Waals surface area contributed by atoms with E-state index in [0.29, 0.717) is 30.4 Å². The summed E-state index contributed by atoms with van der Waals surface area (Å²) in [5.41, 5.74) is -0.748. The van der Waals surface area contributed by atoms with Gasteiger partial charge in [-0.05, 0) is 12.1 Å². The topological polar surface area (TPSA) is 33.2 Å². The van der Waals surface area contributed by atoms with Gasteiger partial charge in [0.05, 0.1) is 5.56 Å². The number of anilines is 1. The number of nitrogens with zero attached hydrogens (tertiary/aromatic N) is 2. The predicted octanol–water partition coefficient (Wildman–Crippen LogP) is 1.67. The van der Waals surface area contributed by atoms with E-state index >= 15 is 0 Å². The van der Waals surface area contributed by atoms with Crippen LogP contribution in [0.25, 0.3) is 0 Å². The standard InChI is InChI=1S/C10H11F3N2OS/c11-10(12,13)8-1-2-9(14-7-8)15-3-5-17(16)6-4-15/h1-2,7H,3-6H2. The van der Waals surface area contributed by atoms with Gasteiger partial charge >= 0.3 is 6.18 Å². The average molecular weight is 264 g/mol. The lowest BCUT2D eigenvalue weighted by atomic mass is 10.2. The first-order valence-corrected chi connectivity index (χ1v) is 6.59. The lowest BCUT2D eigenvalue weighted by molar-refractivity contribution is -0.137. The molecule has 2 rings (SSSR count).